The molecule has 0 radical (unpaired) electrons. The standard InChI is InChI=1S/C23H26N2O4S/c1-5-28-22(26)20-15(2)25(3)23(30)24-21(20)17-11-12-18(19(13-17)27-4)29-14-16-9-7-6-8-10-16/h6-13,21H,5,14H2,1-4H3,(H,24,30)/t21-/m1/s1. The van der Waals surface area contributed by atoms with Gasteiger partial charge in [-0.05, 0) is 49.3 Å². The van der Waals surface area contributed by atoms with Gasteiger partial charge in [0.25, 0.3) is 0 Å². The second-order valence-corrected chi connectivity index (χ2v) is 7.23. The Bertz CT molecular complexity index is 959. The Morgan fingerprint density at radius 2 is 1.90 bits per heavy atom. The van der Waals surface area contributed by atoms with Crippen molar-refractivity contribution in [3.05, 3.63) is 70.9 Å². The van der Waals surface area contributed by atoms with Crippen molar-refractivity contribution in [1.82, 2.24) is 10.2 Å². The van der Waals surface area contributed by atoms with Crippen LogP contribution in [0.25, 0.3) is 0 Å². The van der Waals surface area contributed by atoms with Gasteiger partial charge in [-0.2, -0.15) is 0 Å². The molecule has 1 heterocycles. The van der Waals surface area contributed by atoms with Gasteiger partial charge < -0.3 is 24.4 Å². The molecule has 6 nitrogen and oxygen atoms in total. The van der Waals surface area contributed by atoms with Gasteiger partial charge in [0.1, 0.15) is 6.61 Å². The average molecular weight is 427 g/mol. The quantitative estimate of drug-likeness (QED) is 0.531. The molecule has 1 N–H and O–H groups in total. The van der Waals surface area contributed by atoms with E-state index in [-0.39, 0.29) is 5.97 Å². The average Bonchev–Trinajstić information content (AvgIpc) is 2.76. The zero-order valence-corrected chi connectivity index (χ0v) is 18.4. The molecule has 2 aromatic rings. The summed E-state index contributed by atoms with van der Waals surface area (Å²) in [5.41, 5.74) is 3.17. The van der Waals surface area contributed by atoms with Crippen LogP contribution in [-0.4, -0.2) is 36.7 Å². The van der Waals surface area contributed by atoms with Crippen molar-refractivity contribution < 1.29 is 19.0 Å². The Morgan fingerprint density at radius 1 is 1.17 bits per heavy atom. The SMILES string of the molecule is CCOC(=O)C1=C(C)N(C)C(=S)N[C@@H]1c1ccc(OCc2ccccc2)c(OC)c1. The fourth-order valence-electron chi connectivity index (χ4n) is 3.28. The van der Waals surface area contributed by atoms with Gasteiger partial charge in [-0.1, -0.05) is 36.4 Å². The van der Waals surface area contributed by atoms with Crippen LogP contribution in [0.3, 0.4) is 0 Å². The molecular formula is C23H26N2O4S. The first-order valence-electron chi connectivity index (χ1n) is 9.73. The van der Waals surface area contributed by atoms with Crippen molar-refractivity contribution in [1.29, 1.82) is 0 Å². The van der Waals surface area contributed by atoms with Crippen molar-refractivity contribution in [2.45, 2.75) is 26.5 Å². The van der Waals surface area contributed by atoms with Crippen LogP contribution in [0, 0.1) is 0 Å². The molecule has 0 spiro atoms. The van der Waals surface area contributed by atoms with Crippen molar-refractivity contribution in [2.75, 3.05) is 20.8 Å². The number of hydrogen-bond donors (Lipinski definition) is 1. The van der Waals surface area contributed by atoms with E-state index in [1.807, 2.05) is 62.5 Å². The number of carbonyl (C=O) groups is 1. The number of hydrogen-bond acceptors (Lipinski definition) is 5. The van der Waals surface area contributed by atoms with Gasteiger partial charge in [0.2, 0.25) is 0 Å². The summed E-state index contributed by atoms with van der Waals surface area (Å²) >= 11 is 5.44. The van der Waals surface area contributed by atoms with E-state index in [1.54, 1.807) is 18.9 Å². The molecule has 1 atom stereocenters. The predicted molar refractivity (Wildman–Crippen MR) is 119 cm³/mol. The second-order valence-electron chi connectivity index (χ2n) is 6.85. The molecule has 0 unspecified atom stereocenters. The number of carbonyl (C=O) groups excluding carboxylic acids is 1. The van der Waals surface area contributed by atoms with Crippen LogP contribution >= 0.6 is 12.2 Å². The number of methoxy groups -OCH3 is 1. The Hall–Kier alpha value is -3.06. The smallest absolute Gasteiger partial charge is 0.338 e. The second kappa shape index (κ2) is 9.63. The maximum absolute atomic E-state index is 12.7. The fourth-order valence-corrected chi connectivity index (χ4v) is 3.53. The minimum atomic E-state index is -0.440. The van der Waals surface area contributed by atoms with Gasteiger partial charge in [-0.3, -0.25) is 0 Å². The van der Waals surface area contributed by atoms with E-state index in [2.05, 4.69) is 5.32 Å². The van der Waals surface area contributed by atoms with E-state index < -0.39 is 6.04 Å². The monoisotopic (exact) mass is 426 g/mol. The topological polar surface area (TPSA) is 60.0 Å². The van der Waals surface area contributed by atoms with E-state index in [9.17, 15) is 4.79 Å². The van der Waals surface area contributed by atoms with Crippen molar-refractivity contribution in [3.63, 3.8) is 0 Å². The summed E-state index contributed by atoms with van der Waals surface area (Å²) in [6, 6.07) is 15.1. The fraction of sp³-hybridized carbons (Fsp3) is 0.304. The molecule has 0 fully saturated rings. The van der Waals surface area contributed by atoms with Gasteiger partial charge in [-0.15, -0.1) is 0 Å². The molecule has 0 aromatic heterocycles. The minimum Gasteiger partial charge on any atom is -0.493 e. The zero-order valence-electron chi connectivity index (χ0n) is 17.6. The van der Waals surface area contributed by atoms with Crippen LogP contribution in [0.2, 0.25) is 0 Å². The summed E-state index contributed by atoms with van der Waals surface area (Å²) in [5, 5.41) is 3.77. The Labute approximate surface area is 182 Å². The molecule has 1 aliphatic rings. The van der Waals surface area contributed by atoms with E-state index in [1.165, 1.54) is 0 Å². The number of rotatable bonds is 7. The zero-order chi connectivity index (χ0) is 21.7. The molecule has 2 aromatic carbocycles. The van der Waals surface area contributed by atoms with Crippen LogP contribution in [0.4, 0.5) is 0 Å². The number of thiocarbonyl (C=S) groups is 1. The lowest BCUT2D eigenvalue weighted by atomic mass is 9.95. The molecule has 7 heteroatoms. The van der Waals surface area contributed by atoms with Crippen LogP contribution < -0.4 is 14.8 Å². The molecule has 0 saturated heterocycles. The van der Waals surface area contributed by atoms with E-state index in [4.69, 9.17) is 26.4 Å². The molecule has 158 valence electrons. The summed E-state index contributed by atoms with van der Waals surface area (Å²) in [5.74, 6) is 0.833. The maximum atomic E-state index is 12.7. The molecule has 0 aliphatic carbocycles. The van der Waals surface area contributed by atoms with E-state index in [0.717, 1.165) is 16.8 Å². The lowest BCUT2D eigenvalue weighted by molar-refractivity contribution is -0.139. The summed E-state index contributed by atoms with van der Waals surface area (Å²) in [4.78, 5) is 14.4. The third-order valence-corrected chi connectivity index (χ3v) is 5.40. The normalized spacial score (nSPS) is 16.2. The molecule has 30 heavy (non-hydrogen) atoms. The molecular weight excluding hydrogens is 400 g/mol. The Balaban J connectivity index is 1.91. The van der Waals surface area contributed by atoms with E-state index in [0.29, 0.717) is 35.4 Å². The third kappa shape index (κ3) is 4.57. The maximum Gasteiger partial charge on any atom is 0.338 e. The summed E-state index contributed by atoms with van der Waals surface area (Å²) in [6.45, 7) is 4.38. The Kier molecular flexibility index (Phi) is 6.95. The minimum absolute atomic E-state index is 0.298. The number of ether oxygens (including phenoxy) is 3. The first-order valence-corrected chi connectivity index (χ1v) is 10.1. The highest BCUT2D eigenvalue weighted by Gasteiger charge is 2.33. The van der Waals surface area contributed by atoms with Crippen LogP contribution in [0.1, 0.15) is 31.0 Å². The number of nitrogens with zero attached hydrogens (tertiary/aromatic N) is 1. The first kappa shape index (κ1) is 21.6. The highest BCUT2D eigenvalue weighted by Crippen LogP contribution is 2.36. The highest BCUT2D eigenvalue weighted by molar-refractivity contribution is 7.80. The molecule has 1 aliphatic heterocycles. The van der Waals surface area contributed by atoms with Crippen LogP contribution in [-0.2, 0) is 16.1 Å². The van der Waals surface area contributed by atoms with Crippen LogP contribution in [0.5, 0.6) is 11.5 Å². The van der Waals surface area contributed by atoms with Gasteiger partial charge in [0, 0.05) is 12.7 Å². The van der Waals surface area contributed by atoms with Crippen molar-refractivity contribution >= 4 is 23.3 Å². The third-order valence-electron chi connectivity index (χ3n) is 5.01. The number of benzene rings is 2. The van der Waals surface area contributed by atoms with Crippen molar-refractivity contribution in [3.8, 4) is 11.5 Å². The van der Waals surface area contributed by atoms with Gasteiger partial charge in [-0.25, -0.2) is 4.79 Å². The lowest BCUT2D eigenvalue weighted by Crippen LogP contribution is -2.46. The first-order chi connectivity index (χ1) is 14.5. The van der Waals surface area contributed by atoms with Gasteiger partial charge in [0.15, 0.2) is 16.6 Å². The highest BCUT2D eigenvalue weighted by atomic mass is 32.1. The summed E-state index contributed by atoms with van der Waals surface area (Å²) in [7, 11) is 3.41. The largest absolute Gasteiger partial charge is 0.493 e. The lowest BCUT2D eigenvalue weighted by Gasteiger charge is -2.35. The van der Waals surface area contributed by atoms with Gasteiger partial charge in [0.05, 0.1) is 25.3 Å². The number of nitrogens with one attached hydrogen (secondary N) is 1. The molecule has 0 amide bonds. The van der Waals surface area contributed by atoms with Crippen LogP contribution in [0.15, 0.2) is 59.8 Å². The molecule has 0 bridgehead atoms. The number of esters is 1. The summed E-state index contributed by atoms with van der Waals surface area (Å²) in [6.07, 6.45) is 0. The molecule has 3 rings (SSSR count). The van der Waals surface area contributed by atoms with Crippen molar-refractivity contribution in [2.24, 2.45) is 0 Å². The molecule has 0 saturated carbocycles. The van der Waals surface area contributed by atoms with Gasteiger partial charge >= 0.3 is 5.97 Å². The summed E-state index contributed by atoms with van der Waals surface area (Å²) < 4.78 is 16.8. The van der Waals surface area contributed by atoms with E-state index >= 15 is 0 Å². The Morgan fingerprint density at radius 3 is 2.57 bits per heavy atom. The number of allylic oxidation sites excluding steroid dienone is 1. The predicted octanol–water partition coefficient (Wildman–Crippen LogP) is 3.97.